The Morgan fingerprint density at radius 2 is 1.94 bits per heavy atom. The van der Waals surface area contributed by atoms with Crippen molar-refractivity contribution in [3.63, 3.8) is 0 Å². The van der Waals surface area contributed by atoms with Crippen LogP contribution in [0.3, 0.4) is 0 Å². The van der Waals surface area contributed by atoms with Crippen LogP contribution in [0.1, 0.15) is 42.4 Å². The van der Waals surface area contributed by atoms with Crippen LogP contribution in [-0.2, 0) is 9.53 Å². The van der Waals surface area contributed by atoms with Gasteiger partial charge in [-0.05, 0) is 49.1 Å². The van der Waals surface area contributed by atoms with E-state index in [1.54, 1.807) is 29.6 Å². The van der Waals surface area contributed by atoms with E-state index in [0.717, 1.165) is 16.7 Å². The van der Waals surface area contributed by atoms with E-state index >= 15 is 0 Å². The fourth-order valence-corrected chi connectivity index (χ4v) is 4.24. The molecule has 2 aromatic carbocycles. The van der Waals surface area contributed by atoms with E-state index in [0.29, 0.717) is 25.2 Å². The third-order valence-electron chi connectivity index (χ3n) is 6.13. The van der Waals surface area contributed by atoms with Gasteiger partial charge in [-0.3, -0.25) is 9.59 Å². The molecule has 0 saturated carbocycles. The van der Waals surface area contributed by atoms with Crippen LogP contribution < -0.4 is 5.32 Å². The molecule has 1 aromatic heterocycles. The number of nitrogens with zero attached hydrogens (tertiary/aromatic N) is 3. The van der Waals surface area contributed by atoms with E-state index in [2.05, 4.69) is 10.3 Å². The van der Waals surface area contributed by atoms with Crippen LogP contribution in [0.15, 0.2) is 61.1 Å². The molecule has 7 nitrogen and oxygen atoms in total. The number of hydrogen-bond donors (Lipinski definition) is 1. The summed E-state index contributed by atoms with van der Waals surface area (Å²) in [5.74, 6) is -0.556. The number of halogens is 1. The van der Waals surface area contributed by atoms with Gasteiger partial charge in [-0.25, -0.2) is 9.37 Å². The minimum absolute atomic E-state index is 0.0124. The van der Waals surface area contributed by atoms with E-state index in [4.69, 9.17) is 4.74 Å². The first-order valence-electron chi connectivity index (χ1n) is 11.5. The standard InChI is InChI=1S/C26H29FN4O3/c1-18-11-12-30(13-14-34-16-25(32)29-18)26(33)24-15-28-17-31(24)19(2)22-5-3-4-6-23(22)20-7-9-21(27)10-8-20/h3-10,15,17-19H,11-14,16H2,1-2H3,(H,29,32)/t18-,19-/m0/s1. The highest BCUT2D eigenvalue weighted by molar-refractivity contribution is 5.92. The SMILES string of the molecule is C[C@H]1CCN(C(=O)c2cncn2[C@@H](C)c2ccccc2-c2ccc(F)cc2)CCOCC(=O)N1. The first kappa shape index (κ1) is 23.6. The molecule has 0 unspecified atom stereocenters. The average molecular weight is 465 g/mol. The molecular weight excluding hydrogens is 435 g/mol. The zero-order chi connectivity index (χ0) is 24.1. The number of benzene rings is 2. The molecule has 8 heteroatoms. The van der Waals surface area contributed by atoms with Crippen molar-refractivity contribution in [2.75, 3.05) is 26.3 Å². The highest BCUT2D eigenvalue weighted by Crippen LogP contribution is 2.31. The average Bonchev–Trinajstić information content (AvgIpc) is 3.33. The zero-order valence-electron chi connectivity index (χ0n) is 19.4. The van der Waals surface area contributed by atoms with Crippen molar-refractivity contribution in [1.82, 2.24) is 19.8 Å². The van der Waals surface area contributed by atoms with Crippen molar-refractivity contribution < 1.29 is 18.7 Å². The zero-order valence-corrected chi connectivity index (χ0v) is 19.4. The summed E-state index contributed by atoms with van der Waals surface area (Å²) in [5.41, 5.74) is 3.36. The van der Waals surface area contributed by atoms with Crippen LogP contribution in [0, 0.1) is 5.82 Å². The molecule has 34 heavy (non-hydrogen) atoms. The topological polar surface area (TPSA) is 76.5 Å². The largest absolute Gasteiger partial charge is 0.370 e. The monoisotopic (exact) mass is 464 g/mol. The molecule has 178 valence electrons. The Labute approximate surface area is 198 Å². The Bertz CT molecular complexity index is 1140. The van der Waals surface area contributed by atoms with Gasteiger partial charge in [-0.2, -0.15) is 0 Å². The second-order valence-corrected chi connectivity index (χ2v) is 8.56. The summed E-state index contributed by atoms with van der Waals surface area (Å²) >= 11 is 0. The van der Waals surface area contributed by atoms with Crippen LogP contribution in [0.25, 0.3) is 11.1 Å². The second kappa shape index (κ2) is 10.6. The van der Waals surface area contributed by atoms with Gasteiger partial charge in [-0.1, -0.05) is 36.4 Å². The van der Waals surface area contributed by atoms with E-state index in [1.807, 2.05) is 42.7 Å². The molecule has 1 saturated heterocycles. The number of rotatable bonds is 4. The Hall–Kier alpha value is -3.52. The van der Waals surface area contributed by atoms with Gasteiger partial charge in [0.1, 0.15) is 18.1 Å². The summed E-state index contributed by atoms with van der Waals surface area (Å²) in [6.07, 6.45) is 3.90. The van der Waals surface area contributed by atoms with Gasteiger partial charge in [-0.15, -0.1) is 0 Å². The van der Waals surface area contributed by atoms with Gasteiger partial charge in [0.25, 0.3) is 5.91 Å². The Morgan fingerprint density at radius 1 is 1.18 bits per heavy atom. The van der Waals surface area contributed by atoms with Crippen LogP contribution in [-0.4, -0.2) is 58.6 Å². The van der Waals surface area contributed by atoms with Crippen LogP contribution in [0.4, 0.5) is 4.39 Å². The smallest absolute Gasteiger partial charge is 0.272 e. The maximum absolute atomic E-state index is 13.5. The predicted molar refractivity (Wildman–Crippen MR) is 127 cm³/mol. The van der Waals surface area contributed by atoms with E-state index in [9.17, 15) is 14.0 Å². The number of ether oxygens (including phenoxy) is 1. The van der Waals surface area contributed by atoms with Gasteiger partial charge in [0.05, 0.1) is 25.2 Å². The van der Waals surface area contributed by atoms with Gasteiger partial charge in [0.15, 0.2) is 0 Å². The van der Waals surface area contributed by atoms with E-state index in [1.165, 1.54) is 12.1 Å². The molecule has 1 aliphatic heterocycles. The van der Waals surface area contributed by atoms with E-state index < -0.39 is 0 Å². The van der Waals surface area contributed by atoms with Crippen LogP contribution in [0.5, 0.6) is 0 Å². The summed E-state index contributed by atoms with van der Waals surface area (Å²) in [6, 6.07) is 14.1. The summed E-state index contributed by atoms with van der Waals surface area (Å²) in [6.45, 7) is 5.09. The highest BCUT2D eigenvalue weighted by atomic mass is 19.1. The Morgan fingerprint density at radius 3 is 2.74 bits per heavy atom. The third-order valence-corrected chi connectivity index (χ3v) is 6.13. The molecule has 0 spiro atoms. The van der Waals surface area contributed by atoms with E-state index in [-0.39, 0.29) is 42.9 Å². The number of aromatic nitrogens is 2. The molecule has 2 atom stereocenters. The number of nitrogens with one attached hydrogen (secondary N) is 1. The lowest BCUT2D eigenvalue weighted by Crippen LogP contribution is -2.43. The molecule has 2 amide bonds. The summed E-state index contributed by atoms with van der Waals surface area (Å²) in [7, 11) is 0. The van der Waals surface area contributed by atoms with Gasteiger partial charge in [0, 0.05) is 19.1 Å². The Kier molecular flexibility index (Phi) is 7.37. The fourth-order valence-electron chi connectivity index (χ4n) is 4.24. The number of hydrogen-bond acceptors (Lipinski definition) is 4. The van der Waals surface area contributed by atoms with Crippen molar-refractivity contribution in [2.45, 2.75) is 32.4 Å². The molecule has 1 N–H and O–H groups in total. The molecule has 0 radical (unpaired) electrons. The molecule has 0 bridgehead atoms. The number of carbonyl (C=O) groups excluding carboxylic acids is 2. The first-order valence-corrected chi connectivity index (χ1v) is 11.5. The fraction of sp³-hybridized carbons (Fsp3) is 0.346. The number of amides is 2. The van der Waals surface area contributed by atoms with Gasteiger partial charge >= 0.3 is 0 Å². The van der Waals surface area contributed by atoms with Gasteiger partial charge < -0.3 is 19.5 Å². The molecule has 0 aliphatic carbocycles. The minimum atomic E-state index is -0.283. The van der Waals surface area contributed by atoms with Crippen molar-refractivity contribution in [3.05, 3.63) is 78.1 Å². The van der Waals surface area contributed by atoms with Crippen LogP contribution >= 0.6 is 0 Å². The van der Waals surface area contributed by atoms with Crippen LogP contribution in [0.2, 0.25) is 0 Å². The third kappa shape index (κ3) is 5.34. The minimum Gasteiger partial charge on any atom is -0.370 e. The molecule has 3 aromatic rings. The molecule has 1 aliphatic rings. The lowest BCUT2D eigenvalue weighted by atomic mass is 9.95. The molecule has 4 rings (SSSR count). The lowest BCUT2D eigenvalue weighted by Gasteiger charge is -2.27. The summed E-state index contributed by atoms with van der Waals surface area (Å²) < 4.78 is 20.8. The lowest BCUT2D eigenvalue weighted by molar-refractivity contribution is -0.126. The normalized spacial score (nSPS) is 18.3. The van der Waals surface area contributed by atoms with Crippen molar-refractivity contribution in [3.8, 4) is 11.1 Å². The van der Waals surface area contributed by atoms with Gasteiger partial charge in [0.2, 0.25) is 5.91 Å². The summed E-state index contributed by atoms with van der Waals surface area (Å²) in [5, 5.41) is 2.88. The summed E-state index contributed by atoms with van der Waals surface area (Å²) in [4.78, 5) is 31.3. The first-order chi connectivity index (χ1) is 16.4. The number of imidazole rings is 1. The van der Waals surface area contributed by atoms with Crippen molar-refractivity contribution in [2.24, 2.45) is 0 Å². The maximum Gasteiger partial charge on any atom is 0.272 e. The number of carbonyl (C=O) groups is 2. The predicted octanol–water partition coefficient (Wildman–Crippen LogP) is 3.67. The molecular formula is C26H29FN4O3. The maximum atomic E-state index is 13.5. The quantitative estimate of drug-likeness (QED) is 0.639. The Balaban J connectivity index is 1.59. The second-order valence-electron chi connectivity index (χ2n) is 8.56. The van der Waals surface area contributed by atoms with Crippen molar-refractivity contribution >= 4 is 11.8 Å². The molecule has 2 heterocycles. The van der Waals surface area contributed by atoms with Crippen molar-refractivity contribution in [1.29, 1.82) is 0 Å². The highest BCUT2D eigenvalue weighted by Gasteiger charge is 2.24. The molecule has 1 fully saturated rings.